The molecule has 100 valence electrons. The highest BCUT2D eigenvalue weighted by molar-refractivity contribution is 9.10. The van der Waals surface area contributed by atoms with Gasteiger partial charge in [-0.2, -0.15) is 0 Å². The average Bonchev–Trinajstić information content (AvgIpc) is 2.26. The molecule has 0 aromatic carbocycles. The van der Waals surface area contributed by atoms with Gasteiger partial charge in [0.2, 0.25) is 11.9 Å². The van der Waals surface area contributed by atoms with Crippen LogP contribution in [0.15, 0.2) is 16.9 Å². The molecule has 1 N–H and O–H groups in total. The van der Waals surface area contributed by atoms with Crippen molar-refractivity contribution in [2.75, 3.05) is 11.9 Å². The maximum Gasteiger partial charge on any atom is 0.242 e. The Bertz CT molecular complexity index is 413. The largest absolute Gasteiger partial charge is 0.350 e. The number of halogens is 1. The van der Waals surface area contributed by atoms with Gasteiger partial charge in [-0.15, -0.1) is 0 Å². The topological polar surface area (TPSA) is 58.1 Å². The highest BCUT2D eigenvalue weighted by atomic mass is 79.9. The zero-order valence-corrected chi connectivity index (χ0v) is 12.9. The van der Waals surface area contributed by atoms with Crippen molar-refractivity contribution < 1.29 is 4.79 Å². The van der Waals surface area contributed by atoms with Crippen LogP contribution in [-0.4, -0.2) is 34.5 Å². The van der Waals surface area contributed by atoms with E-state index in [1.165, 1.54) is 0 Å². The summed E-state index contributed by atoms with van der Waals surface area (Å²) in [5, 5.41) is 2.94. The third-order valence-electron chi connectivity index (χ3n) is 2.38. The summed E-state index contributed by atoms with van der Waals surface area (Å²) in [6.07, 6.45) is 3.32. The van der Waals surface area contributed by atoms with Crippen LogP contribution in [0.25, 0.3) is 0 Å². The number of carbonyl (C=O) groups excluding carboxylic acids is 1. The fourth-order valence-corrected chi connectivity index (χ4v) is 1.52. The van der Waals surface area contributed by atoms with Gasteiger partial charge in [0.1, 0.15) is 6.04 Å². The summed E-state index contributed by atoms with van der Waals surface area (Å²) in [5.74, 6) is 0.478. The lowest BCUT2D eigenvalue weighted by Crippen LogP contribution is -2.50. The van der Waals surface area contributed by atoms with E-state index in [-0.39, 0.29) is 17.5 Å². The molecule has 0 aliphatic carbocycles. The number of hydrogen-bond acceptors (Lipinski definition) is 4. The number of anilines is 1. The highest BCUT2D eigenvalue weighted by Gasteiger charge is 2.23. The summed E-state index contributed by atoms with van der Waals surface area (Å²) in [5.41, 5.74) is -0.243. The Morgan fingerprint density at radius 2 is 1.89 bits per heavy atom. The van der Waals surface area contributed by atoms with Crippen molar-refractivity contribution in [2.45, 2.75) is 39.3 Å². The lowest BCUT2D eigenvalue weighted by atomic mass is 10.1. The molecule has 1 aromatic heterocycles. The van der Waals surface area contributed by atoms with Crippen LogP contribution >= 0.6 is 15.9 Å². The van der Waals surface area contributed by atoms with Crippen LogP contribution in [0.2, 0.25) is 0 Å². The van der Waals surface area contributed by atoms with Gasteiger partial charge >= 0.3 is 0 Å². The molecule has 1 amide bonds. The number of hydrogen-bond donors (Lipinski definition) is 1. The molecule has 6 heteroatoms. The van der Waals surface area contributed by atoms with Crippen LogP contribution in [0.5, 0.6) is 0 Å². The van der Waals surface area contributed by atoms with E-state index in [4.69, 9.17) is 0 Å². The third-order valence-corrected chi connectivity index (χ3v) is 2.79. The number of nitrogens with one attached hydrogen (secondary N) is 1. The first kappa shape index (κ1) is 14.9. The Morgan fingerprint density at radius 1 is 1.39 bits per heavy atom. The molecule has 1 heterocycles. The molecule has 1 rings (SSSR count). The molecule has 0 saturated heterocycles. The van der Waals surface area contributed by atoms with Gasteiger partial charge < -0.3 is 10.2 Å². The Balaban J connectivity index is 2.74. The van der Waals surface area contributed by atoms with Crippen LogP contribution in [0, 0.1) is 0 Å². The number of rotatable bonds is 3. The summed E-state index contributed by atoms with van der Waals surface area (Å²) in [6, 6.07) is -0.328. The van der Waals surface area contributed by atoms with Crippen molar-refractivity contribution in [1.82, 2.24) is 15.3 Å². The van der Waals surface area contributed by atoms with E-state index in [0.717, 1.165) is 4.47 Å². The van der Waals surface area contributed by atoms with Gasteiger partial charge in [0.15, 0.2) is 0 Å². The average molecular weight is 315 g/mol. The minimum Gasteiger partial charge on any atom is -0.350 e. The molecule has 0 bridgehead atoms. The Hall–Kier alpha value is -1.17. The van der Waals surface area contributed by atoms with Gasteiger partial charge in [0.05, 0.1) is 4.47 Å². The van der Waals surface area contributed by atoms with E-state index in [1.54, 1.807) is 24.3 Å². The molecule has 0 aliphatic rings. The monoisotopic (exact) mass is 314 g/mol. The highest BCUT2D eigenvalue weighted by Crippen LogP contribution is 2.12. The van der Waals surface area contributed by atoms with Crippen LogP contribution in [0.4, 0.5) is 5.95 Å². The zero-order valence-electron chi connectivity index (χ0n) is 11.4. The lowest BCUT2D eigenvalue weighted by Gasteiger charge is -2.28. The van der Waals surface area contributed by atoms with E-state index < -0.39 is 0 Å². The molecule has 0 spiro atoms. The number of aromatic nitrogens is 2. The van der Waals surface area contributed by atoms with E-state index >= 15 is 0 Å². The standard InChI is InChI=1S/C12H19BrN4O/c1-8(10(18)16-12(2,3)4)17(5)11-14-6-9(13)7-15-11/h6-8H,1-5H3,(H,16,18)/t8-/m0/s1. The van der Waals surface area contributed by atoms with Gasteiger partial charge in [-0.3, -0.25) is 4.79 Å². The predicted molar refractivity (Wildman–Crippen MR) is 75.5 cm³/mol. The Morgan fingerprint density at radius 3 is 2.33 bits per heavy atom. The summed E-state index contributed by atoms with van der Waals surface area (Å²) in [7, 11) is 1.80. The second-order valence-corrected chi connectivity index (χ2v) is 6.14. The minimum absolute atomic E-state index is 0.0449. The van der Waals surface area contributed by atoms with Gasteiger partial charge in [-0.25, -0.2) is 9.97 Å². The molecular weight excluding hydrogens is 296 g/mol. The molecule has 0 fully saturated rings. The normalized spacial score (nSPS) is 13.0. The summed E-state index contributed by atoms with van der Waals surface area (Å²) in [6.45, 7) is 7.68. The minimum atomic E-state index is -0.328. The fourth-order valence-electron chi connectivity index (χ4n) is 1.31. The van der Waals surface area contributed by atoms with Crippen molar-refractivity contribution in [3.63, 3.8) is 0 Å². The van der Waals surface area contributed by atoms with Crippen LogP contribution in [0.1, 0.15) is 27.7 Å². The first-order valence-corrected chi connectivity index (χ1v) is 6.52. The second-order valence-electron chi connectivity index (χ2n) is 5.23. The fraction of sp³-hybridized carbons (Fsp3) is 0.583. The summed E-state index contributed by atoms with van der Waals surface area (Å²) in [4.78, 5) is 22.1. The number of likely N-dealkylation sites (N-methyl/N-ethyl adjacent to an activating group) is 1. The van der Waals surface area contributed by atoms with Crippen molar-refractivity contribution in [2.24, 2.45) is 0 Å². The van der Waals surface area contributed by atoms with Crippen LogP contribution in [-0.2, 0) is 4.79 Å². The van der Waals surface area contributed by atoms with Crippen LogP contribution < -0.4 is 10.2 Å². The van der Waals surface area contributed by atoms with E-state index in [0.29, 0.717) is 5.95 Å². The molecule has 0 aliphatic heterocycles. The number of carbonyl (C=O) groups is 1. The smallest absolute Gasteiger partial charge is 0.242 e. The SMILES string of the molecule is C[C@@H](C(=O)NC(C)(C)C)N(C)c1ncc(Br)cn1. The maximum atomic E-state index is 12.0. The van der Waals surface area contributed by atoms with Gasteiger partial charge in [0.25, 0.3) is 0 Å². The third kappa shape index (κ3) is 4.25. The maximum absolute atomic E-state index is 12.0. The summed E-state index contributed by atoms with van der Waals surface area (Å²) >= 11 is 3.28. The van der Waals surface area contributed by atoms with Gasteiger partial charge in [0, 0.05) is 25.0 Å². The first-order chi connectivity index (χ1) is 8.20. The molecule has 0 saturated carbocycles. The number of nitrogens with zero attached hydrogens (tertiary/aromatic N) is 3. The predicted octanol–water partition coefficient (Wildman–Crippen LogP) is 1.98. The molecule has 1 atom stereocenters. The molecule has 5 nitrogen and oxygen atoms in total. The zero-order chi connectivity index (χ0) is 13.9. The van der Waals surface area contributed by atoms with Crippen molar-refractivity contribution in [3.8, 4) is 0 Å². The number of amides is 1. The molecule has 0 unspecified atom stereocenters. The molecule has 1 aromatic rings. The second kappa shape index (κ2) is 5.65. The lowest BCUT2D eigenvalue weighted by molar-refractivity contribution is -0.123. The Labute approximate surface area is 116 Å². The van der Waals surface area contributed by atoms with E-state index in [9.17, 15) is 4.79 Å². The molecule has 18 heavy (non-hydrogen) atoms. The van der Waals surface area contributed by atoms with Gasteiger partial charge in [-0.05, 0) is 43.6 Å². The van der Waals surface area contributed by atoms with Crippen LogP contribution in [0.3, 0.4) is 0 Å². The van der Waals surface area contributed by atoms with Crippen molar-refractivity contribution in [1.29, 1.82) is 0 Å². The first-order valence-electron chi connectivity index (χ1n) is 5.73. The molecule has 0 radical (unpaired) electrons. The quantitative estimate of drug-likeness (QED) is 0.926. The van der Waals surface area contributed by atoms with Gasteiger partial charge in [-0.1, -0.05) is 0 Å². The molecular formula is C12H19BrN4O. The van der Waals surface area contributed by atoms with E-state index in [1.807, 2.05) is 27.7 Å². The Kier molecular flexibility index (Phi) is 4.67. The summed E-state index contributed by atoms with van der Waals surface area (Å²) < 4.78 is 0.812. The van der Waals surface area contributed by atoms with E-state index in [2.05, 4.69) is 31.2 Å². The van der Waals surface area contributed by atoms with Crippen molar-refractivity contribution >= 4 is 27.8 Å². The van der Waals surface area contributed by atoms with Crippen molar-refractivity contribution in [3.05, 3.63) is 16.9 Å².